The van der Waals surface area contributed by atoms with Crippen LogP contribution in [-0.4, -0.2) is 0 Å². The molecule has 0 amide bonds. The highest BCUT2D eigenvalue weighted by molar-refractivity contribution is 5.09. The van der Waals surface area contributed by atoms with Crippen molar-refractivity contribution in [1.82, 2.24) is 0 Å². The molecule has 0 nitrogen and oxygen atoms in total. The minimum absolute atomic E-state index is 0.460. The van der Waals surface area contributed by atoms with Gasteiger partial charge in [-0.05, 0) is 53.8 Å². The lowest BCUT2D eigenvalue weighted by molar-refractivity contribution is -0.170. The Hall–Kier alpha value is 0. The van der Waals surface area contributed by atoms with E-state index < -0.39 is 0 Å². The normalized spacial score (nSPS) is 34.8. The largest absolute Gasteiger partial charge is 0.0596 e. The molecule has 0 aromatic rings. The monoisotopic (exact) mass is 208 g/mol. The highest BCUT2D eigenvalue weighted by atomic mass is 14.6. The zero-order chi connectivity index (χ0) is 11.5. The van der Waals surface area contributed by atoms with Gasteiger partial charge in [-0.15, -0.1) is 0 Å². The Bertz CT molecular complexity index is 225. The molecule has 0 aromatic carbocycles. The van der Waals surface area contributed by atoms with Crippen LogP contribution in [0, 0.1) is 28.1 Å². The smallest absolute Gasteiger partial charge is 0.0172 e. The summed E-state index contributed by atoms with van der Waals surface area (Å²) in [5, 5.41) is 0. The molecule has 3 rings (SSSR count). The van der Waals surface area contributed by atoms with Crippen LogP contribution < -0.4 is 0 Å². The lowest BCUT2D eigenvalue weighted by Gasteiger charge is -2.66. The summed E-state index contributed by atoms with van der Waals surface area (Å²) in [6.45, 7) is 14.8. The van der Waals surface area contributed by atoms with Gasteiger partial charge in [0.15, 0.2) is 0 Å². The molecule has 3 aliphatic rings. The van der Waals surface area contributed by atoms with Crippen LogP contribution in [-0.2, 0) is 0 Å². The van der Waals surface area contributed by atoms with E-state index in [-0.39, 0.29) is 0 Å². The van der Waals surface area contributed by atoms with Crippen molar-refractivity contribution in [2.75, 3.05) is 0 Å². The number of hydrogen-bond acceptors (Lipinski definition) is 0. The van der Waals surface area contributed by atoms with E-state index in [2.05, 4.69) is 41.5 Å². The van der Waals surface area contributed by atoms with Crippen LogP contribution in [0.1, 0.15) is 67.2 Å². The Labute approximate surface area is 95.8 Å². The third-order valence-electron chi connectivity index (χ3n) is 5.56. The molecule has 15 heavy (non-hydrogen) atoms. The first kappa shape index (κ1) is 11.5. The summed E-state index contributed by atoms with van der Waals surface area (Å²) in [7, 11) is 0. The molecule has 0 spiro atoms. The van der Waals surface area contributed by atoms with Crippen LogP contribution >= 0.6 is 0 Å². The number of rotatable bonds is 0. The molecule has 3 fully saturated rings. The average molecular weight is 208 g/mol. The lowest BCUT2D eigenvalue weighted by Crippen LogP contribution is -2.58. The molecule has 0 heterocycles. The predicted octanol–water partition coefficient (Wildman–Crippen LogP) is 4.89. The van der Waals surface area contributed by atoms with E-state index in [1.807, 2.05) is 0 Å². The Morgan fingerprint density at radius 3 is 1.53 bits per heavy atom. The minimum Gasteiger partial charge on any atom is -0.0596 e. The molecular formula is C15H28. The predicted molar refractivity (Wildman–Crippen MR) is 66.8 cm³/mol. The van der Waals surface area contributed by atoms with E-state index >= 15 is 0 Å². The Morgan fingerprint density at radius 1 is 0.867 bits per heavy atom. The molecule has 0 heteroatoms. The maximum Gasteiger partial charge on any atom is -0.0172 e. The maximum atomic E-state index is 2.47. The summed E-state index contributed by atoms with van der Waals surface area (Å²) in [6, 6.07) is 0. The lowest BCUT2D eigenvalue weighted by atomic mass is 9.39. The van der Waals surface area contributed by atoms with Crippen LogP contribution in [0.25, 0.3) is 0 Å². The van der Waals surface area contributed by atoms with Crippen LogP contribution in [0.5, 0.6) is 0 Å². The van der Waals surface area contributed by atoms with Crippen molar-refractivity contribution in [2.45, 2.75) is 67.2 Å². The van der Waals surface area contributed by atoms with Crippen molar-refractivity contribution in [3.63, 3.8) is 0 Å². The zero-order valence-electron chi connectivity index (χ0n) is 11.5. The Morgan fingerprint density at radius 2 is 1.33 bits per heavy atom. The van der Waals surface area contributed by atoms with Gasteiger partial charge in [0.05, 0.1) is 0 Å². The summed E-state index contributed by atoms with van der Waals surface area (Å²) in [4.78, 5) is 0. The Balaban J connectivity index is 2.39. The molecule has 0 radical (unpaired) electrons. The van der Waals surface area contributed by atoms with Crippen molar-refractivity contribution < 1.29 is 0 Å². The highest BCUT2D eigenvalue weighted by Gasteiger charge is 2.60. The molecule has 0 saturated heterocycles. The maximum absolute atomic E-state index is 2.47. The molecule has 0 atom stereocenters. The summed E-state index contributed by atoms with van der Waals surface area (Å²) < 4.78 is 0. The highest BCUT2D eigenvalue weighted by Crippen LogP contribution is 2.68. The van der Waals surface area contributed by atoms with Gasteiger partial charge in [-0.3, -0.25) is 0 Å². The first-order valence-corrected chi connectivity index (χ1v) is 6.68. The minimum atomic E-state index is 0.460. The van der Waals surface area contributed by atoms with Crippen molar-refractivity contribution in [3.05, 3.63) is 0 Å². The average Bonchev–Trinajstić information content (AvgIpc) is 1.98. The van der Waals surface area contributed by atoms with Gasteiger partial charge in [-0.2, -0.15) is 0 Å². The van der Waals surface area contributed by atoms with Crippen LogP contribution in [0.3, 0.4) is 0 Å². The van der Waals surface area contributed by atoms with E-state index in [4.69, 9.17) is 0 Å². The molecule has 2 bridgehead atoms. The van der Waals surface area contributed by atoms with Crippen LogP contribution in [0.2, 0.25) is 0 Å². The van der Waals surface area contributed by atoms with Crippen molar-refractivity contribution in [3.8, 4) is 0 Å². The summed E-state index contributed by atoms with van der Waals surface area (Å²) in [6.07, 6.45) is 6.00. The summed E-state index contributed by atoms with van der Waals surface area (Å²) in [5.41, 5.74) is 1.50. The summed E-state index contributed by atoms with van der Waals surface area (Å²) >= 11 is 0. The fourth-order valence-corrected chi connectivity index (χ4v) is 5.11. The molecule has 0 N–H and O–H groups in total. The van der Waals surface area contributed by atoms with E-state index in [0.717, 1.165) is 11.8 Å². The van der Waals surface area contributed by atoms with Crippen molar-refractivity contribution >= 4 is 0 Å². The molecular weight excluding hydrogens is 180 g/mol. The van der Waals surface area contributed by atoms with Gasteiger partial charge in [-0.25, -0.2) is 0 Å². The topological polar surface area (TPSA) is 0 Å². The SMILES string of the molecule is CC(C)(C)C1(C(C)(C)C)CCC2CC1C2. The standard InChI is InChI=1S/C15H28/c1-13(2,3)15(14(4,5)6)8-7-11-9-12(15)10-11/h11-12H,7-10H2,1-6H3. The third kappa shape index (κ3) is 1.40. The second-order valence-corrected chi connectivity index (χ2v) is 8.04. The molecule has 0 aromatic heterocycles. The zero-order valence-corrected chi connectivity index (χ0v) is 11.5. The van der Waals surface area contributed by atoms with Gasteiger partial charge in [0.2, 0.25) is 0 Å². The van der Waals surface area contributed by atoms with Crippen molar-refractivity contribution in [2.24, 2.45) is 28.1 Å². The van der Waals surface area contributed by atoms with E-state index in [1.165, 1.54) is 25.7 Å². The molecule has 3 aliphatic carbocycles. The van der Waals surface area contributed by atoms with E-state index in [9.17, 15) is 0 Å². The fraction of sp³-hybridized carbons (Fsp3) is 1.00. The Kier molecular flexibility index (Phi) is 2.31. The number of fused-ring (bicyclic) bond motifs is 2. The second kappa shape index (κ2) is 3.02. The van der Waals surface area contributed by atoms with E-state index in [1.54, 1.807) is 0 Å². The first-order valence-electron chi connectivity index (χ1n) is 6.68. The van der Waals surface area contributed by atoms with Crippen LogP contribution in [0.4, 0.5) is 0 Å². The first-order chi connectivity index (χ1) is 6.68. The van der Waals surface area contributed by atoms with Gasteiger partial charge in [0.25, 0.3) is 0 Å². The molecule has 88 valence electrons. The van der Waals surface area contributed by atoms with Crippen LogP contribution in [0.15, 0.2) is 0 Å². The van der Waals surface area contributed by atoms with Gasteiger partial charge in [0, 0.05) is 0 Å². The number of hydrogen-bond donors (Lipinski definition) is 0. The fourth-order valence-electron chi connectivity index (χ4n) is 5.11. The van der Waals surface area contributed by atoms with Gasteiger partial charge in [0.1, 0.15) is 0 Å². The van der Waals surface area contributed by atoms with Gasteiger partial charge < -0.3 is 0 Å². The molecule has 3 saturated carbocycles. The second-order valence-electron chi connectivity index (χ2n) is 8.04. The van der Waals surface area contributed by atoms with Gasteiger partial charge in [-0.1, -0.05) is 41.5 Å². The van der Waals surface area contributed by atoms with E-state index in [0.29, 0.717) is 16.2 Å². The third-order valence-corrected chi connectivity index (χ3v) is 5.56. The van der Waals surface area contributed by atoms with Crippen molar-refractivity contribution in [1.29, 1.82) is 0 Å². The molecule has 0 unspecified atom stereocenters. The van der Waals surface area contributed by atoms with Gasteiger partial charge >= 0.3 is 0 Å². The molecule has 0 aliphatic heterocycles. The quantitative estimate of drug-likeness (QED) is 0.532. The summed E-state index contributed by atoms with van der Waals surface area (Å²) in [5.74, 6) is 2.10.